The Balaban J connectivity index is 1.67. The molecule has 0 saturated heterocycles. The van der Waals surface area contributed by atoms with Crippen molar-refractivity contribution in [3.63, 3.8) is 0 Å². The van der Waals surface area contributed by atoms with Crippen molar-refractivity contribution >= 4 is 21.4 Å². The molecule has 0 aliphatic carbocycles. The number of benzene rings is 2. The number of aromatic nitrogens is 2. The normalized spacial score (nSPS) is 11.4. The number of carbonyl (C=O) groups is 1. The number of rotatable bonds is 8. The number of aryl methyl sites for hydroxylation is 1. The van der Waals surface area contributed by atoms with Gasteiger partial charge >= 0.3 is 0 Å². The first-order valence-electron chi connectivity index (χ1n) is 9.64. The third-order valence-electron chi connectivity index (χ3n) is 4.69. The first-order valence-corrected chi connectivity index (χ1v) is 11.7. The molecule has 0 atom stereocenters. The summed E-state index contributed by atoms with van der Waals surface area (Å²) in [5, 5.41) is 7.31. The van der Waals surface area contributed by atoms with E-state index in [0.29, 0.717) is 17.1 Å². The van der Waals surface area contributed by atoms with Crippen molar-refractivity contribution in [1.29, 1.82) is 0 Å². The molecule has 3 aromatic rings. The minimum Gasteiger partial charge on any atom is -0.492 e. The number of halogens is 1. The van der Waals surface area contributed by atoms with Crippen LogP contribution in [0.4, 0.5) is 10.1 Å². The van der Waals surface area contributed by atoms with Crippen molar-refractivity contribution in [1.82, 2.24) is 9.78 Å². The van der Waals surface area contributed by atoms with E-state index in [1.54, 1.807) is 41.1 Å². The average molecular weight is 446 g/mol. The van der Waals surface area contributed by atoms with Crippen molar-refractivity contribution in [3.8, 4) is 11.4 Å². The number of hydrogen-bond acceptors (Lipinski definition) is 5. The molecule has 0 saturated carbocycles. The second kappa shape index (κ2) is 9.30. The molecule has 7 nitrogen and oxygen atoms in total. The molecular weight excluding hydrogens is 421 g/mol. The molecule has 0 spiro atoms. The van der Waals surface area contributed by atoms with Gasteiger partial charge in [-0.05, 0) is 50.2 Å². The smallest absolute Gasteiger partial charge is 0.228 e. The highest BCUT2D eigenvalue weighted by atomic mass is 32.2. The van der Waals surface area contributed by atoms with Crippen molar-refractivity contribution in [2.75, 3.05) is 23.9 Å². The van der Waals surface area contributed by atoms with Crippen molar-refractivity contribution in [3.05, 3.63) is 71.3 Å². The number of hydrogen-bond donors (Lipinski definition) is 1. The van der Waals surface area contributed by atoms with Crippen LogP contribution in [0.25, 0.3) is 5.69 Å². The lowest BCUT2D eigenvalue weighted by Gasteiger charge is -2.09. The number of amides is 1. The van der Waals surface area contributed by atoms with Gasteiger partial charge in [-0.25, -0.2) is 17.5 Å². The number of sulfone groups is 1. The zero-order valence-corrected chi connectivity index (χ0v) is 18.4. The van der Waals surface area contributed by atoms with E-state index in [1.807, 2.05) is 13.8 Å². The molecule has 0 radical (unpaired) electrons. The minimum absolute atomic E-state index is 0.0389. The van der Waals surface area contributed by atoms with Crippen molar-refractivity contribution < 1.29 is 22.3 Å². The summed E-state index contributed by atoms with van der Waals surface area (Å²) in [5.41, 5.74) is 3.57. The van der Waals surface area contributed by atoms with E-state index in [0.717, 1.165) is 23.2 Å². The summed E-state index contributed by atoms with van der Waals surface area (Å²) in [5.74, 6) is -0.163. The lowest BCUT2D eigenvalue weighted by Crippen LogP contribution is -2.16. The molecule has 164 valence electrons. The second-order valence-corrected chi connectivity index (χ2v) is 9.53. The highest BCUT2D eigenvalue weighted by Gasteiger charge is 2.16. The Labute approximate surface area is 180 Å². The summed E-state index contributed by atoms with van der Waals surface area (Å²) in [4.78, 5) is 12.6. The summed E-state index contributed by atoms with van der Waals surface area (Å²) in [6.07, 6.45) is 1.27. The highest BCUT2D eigenvalue weighted by molar-refractivity contribution is 7.90. The molecule has 1 aromatic heterocycles. The van der Waals surface area contributed by atoms with Crippen LogP contribution in [0.3, 0.4) is 0 Å². The molecule has 3 rings (SSSR count). The summed E-state index contributed by atoms with van der Waals surface area (Å²) in [7, 11) is -3.11. The Kier molecular flexibility index (Phi) is 6.74. The quantitative estimate of drug-likeness (QED) is 0.575. The maximum absolute atomic E-state index is 13.2. The van der Waals surface area contributed by atoms with E-state index in [-0.39, 0.29) is 30.5 Å². The van der Waals surface area contributed by atoms with Gasteiger partial charge in [-0.15, -0.1) is 0 Å². The fraction of sp³-hybridized carbons (Fsp3) is 0.273. The number of anilines is 1. The van der Waals surface area contributed by atoms with Crippen LogP contribution in [-0.2, 0) is 21.1 Å². The topological polar surface area (TPSA) is 90.3 Å². The fourth-order valence-electron chi connectivity index (χ4n) is 3.10. The number of ether oxygens (including phenoxy) is 1. The molecule has 0 aliphatic heterocycles. The Morgan fingerprint density at radius 2 is 1.87 bits per heavy atom. The van der Waals surface area contributed by atoms with Gasteiger partial charge < -0.3 is 10.1 Å². The Morgan fingerprint density at radius 1 is 1.16 bits per heavy atom. The molecule has 0 aliphatic rings. The first-order chi connectivity index (χ1) is 14.6. The monoisotopic (exact) mass is 445 g/mol. The third kappa shape index (κ3) is 6.14. The molecule has 9 heteroatoms. The predicted molar refractivity (Wildman–Crippen MR) is 117 cm³/mol. The van der Waals surface area contributed by atoms with E-state index >= 15 is 0 Å². The molecule has 0 bridgehead atoms. The van der Waals surface area contributed by atoms with Gasteiger partial charge in [0.1, 0.15) is 18.2 Å². The van der Waals surface area contributed by atoms with Crippen LogP contribution in [0.5, 0.6) is 5.75 Å². The largest absolute Gasteiger partial charge is 0.492 e. The molecule has 0 fully saturated rings. The van der Waals surface area contributed by atoms with Crippen LogP contribution in [-0.4, -0.2) is 42.7 Å². The molecule has 1 heterocycles. The summed E-state index contributed by atoms with van der Waals surface area (Å²) in [6.45, 7) is 3.73. The van der Waals surface area contributed by atoms with Gasteiger partial charge in [0.15, 0.2) is 9.84 Å². The molecular formula is C22H24FN3O4S. The van der Waals surface area contributed by atoms with Gasteiger partial charge in [-0.2, -0.15) is 5.10 Å². The minimum atomic E-state index is -3.11. The standard InChI is InChI=1S/C22H24FN3O4S/c1-15-21(16(2)26(25-15)19-9-7-17(23)8-10-19)14-22(27)24-18-5-4-6-20(13-18)30-11-12-31(3,28)29/h4-10,13H,11-12,14H2,1-3H3,(H,24,27). The number of nitrogens with zero attached hydrogens (tertiary/aromatic N) is 2. The van der Waals surface area contributed by atoms with Crippen LogP contribution in [0.2, 0.25) is 0 Å². The van der Waals surface area contributed by atoms with Crippen LogP contribution >= 0.6 is 0 Å². The van der Waals surface area contributed by atoms with Gasteiger partial charge in [-0.3, -0.25) is 4.79 Å². The van der Waals surface area contributed by atoms with Crippen molar-refractivity contribution in [2.45, 2.75) is 20.3 Å². The fourth-order valence-corrected chi connectivity index (χ4v) is 3.49. The van der Waals surface area contributed by atoms with Gasteiger partial charge in [-0.1, -0.05) is 6.07 Å². The lowest BCUT2D eigenvalue weighted by molar-refractivity contribution is -0.115. The van der Waals surface area contributed by atoms with E-state index in [1.165, 1.54) is 12.1 Å². The van der Waals surface area contributed by atoms with Crippen LogP contribution in [0, 0.1) is 19.7 Å². The van der Waals surface area contributed by atoms with E-state index in [2.05, 4.69) is 10.4 Å². The van der Waals surface area contributed by atoms with Gasteiger partial charge in [0.2, 0.25) is 5.91 Å². The van der Waals surface area contributed by atoms with Crippen LogP contribution in [0.15, 0.2) is 48.5 Å². The Hall–Kier alpha value is -3.20. The summed E-state index contributed by atoms with van der Waals surface area (Å²) < 4.78 is 42.8. The maximum atomic E-state index is 13.2. The lowest BCUT2D eigenvalue weighted by atomic mass is 10.1. The summed E-state index contributed by atoms with van der Waals surface area (Å²) in [6, 6.07) is 12.8. The number of carbonyl (C=O) groups excluding carboxylic acids is 1. The molecule has 1 amide bonds. The van der Waals surface area contributed by atoms with Gasteiger partial charge in [0.05, 0.1) is 23.6 Å². The first kappa shape index (κ1) is 22.5. The Morgan fingerprint density at radius 3 is 2.55 bits per heavy atom. The Bertz CT molecular complexity index is 1190. The van der Waals surface area contributed by atoms with E-state index in [4.69, 9.17) is 4.74 Å². The SMILES string of the molecule is Cc1nn(-c2ccc(F)cc2)c(C)c1CC(=O)Nc1cccc(OCCS(C)(=O)=O)c1. The van der Waals surface area contributed by atoms with Crippen LogP contribution < -0.4 is 10.1 Å². The molecule has 31 heavy (non-hydrogen) atoms. The molecule has 0 unspecified atom stereocenters. The zero-order chi connectivity index (χ0) is 22.6. The van der Waals surface area contributed by atoms with E-state index < -0.39 is 9.84 Å². The van der Waals surface area contributed by atoms with Gasteiger partial charge in [0, 0.05) is 29.3 Å². The second-order valence-electron chi connectivity index (χ2n) is 7.27. The predicted octanol–water partition coefficient (Wildman–Crippen LogP) is 3.23. The average Bonchev–Trinajstić information content (AvgIpc) is 2.96. The van der Waals surface area contributed by atoms with E-state index in [9.17, 15) is 17.6 Å². The van der Waals surface area contributed by atoms with Crippen LogP contribution in [0.1, 0.15) is 17.0 Å². The van der Waals surface area contributed by atoms with Crippen molar-refractivity contribution in [2.24, 2.45) is 0 Å². The van der Waals surface area contributed by atoms with Gasteiger partial charge in [0.25, 0.3) is 0 Å². The zero-order valence-electron chi connectivity index (χ0n) is 17.6. The summed E-state index contributed by atoms with van der Waals surface area (Å²) >= 11 is 0. The third-order valence-corrected chi connectivity index (χ3v) is 5.60. The molecule has 2 aromatic carbocycles. The number of nitrogens with one attached hydrogen (secondary N) is 1. The maximum Gasteiger partial charge on any atom is 0.228 e. The highest BCUT2D eigenvalue weighted by Crippen LogP contribution is 2.21. The molecule has 1 N–H and O–H groups in total.